The summed E-state index contributed by atoms with van der Waals surface area (Å²) in [6.07, 6.45) is 4.62. The molecule has 2 aromatic heterocycles. The van der Waals surface area contributed by atoms with Gasteiger partial charge in [-0.25, -0.2) is 0 Å². The van der Waals surface area contributed by atoms with Crippen LogP contribution in [0, 0.1) is 6.92 Å². The zero-order valence-corrected chi connectivity index (χ0v) is 10.2. The molecule has 1 aliphatic carbocycles. The maximum absolute atomic E-state index is 12.0. The second-order valence-electron chi connectivity index (χ2n) is 4.65. The van der Waals surface area contributed by atoms with E-state index in [1.807, 2.05) is 13.0 Å². The maximum Gasteiger partial charge on any atom is 0.272 e. The standard InChI is InChI=1S/C13H15N3O2/c1-8-7-11(16-15-8)13(17)14-10-3-2-4-12-9(10)5-6-18-12/h5-7,10H,2-4H2,1H3,(H,14,17)(H,15,16)/t10-/m0/s1. The third-order valence-electron chi connectivity index (χ3n) is 3.30. The lowest BCUT2D eigenvalue weighted by Gasteiger charge is -2.22. The lowest BCUT2D eigenvalue weighted by Crippen LogP contribution is -2.30. The monoisotopic (exact) mass is 245 g/mol. The molecule has 5 heteroatoms. The molecule has 1 atom stereocenters. The zero-order valence-electron chi connectivity index (χ0n) is 10.2. The summed E-state index contributed by atoms with van der Waals surface area (Å²) >= 11 is 0. The molecule has 2 N–H and O–H groups in total. The molecule has 94 valence electrons. The molecular formula is C13H15N3O2. The van der Waals surface area contributed by atoms with Crippen molar-refractivity contribution in [3.05, 3.63) is 41.1 Å². The van der Waals surface area contributed by atoms with Crippen molar-refractivity contribution in [3.8, 4) is 0 Å². The lowest BCUT2D eigenvalue weighted by molar-refractivity contribution is 0.0927. The maximum atomic E-state index is 12.0. The number of hydrogen-bond acceptors (Lipinski definition) is 3. The van der Waals surface area contributed by atoms with Gasteiger partial charge in [0.25, 0.3) is 5.91 Å². The van der Waals surface area contributed by atoms with Crippen LogP contribution < -0.4 is 5.32 Å². The Balaban J connectivity index is 1.77. The van der Waals surface area contributed by atoms with Gasteiger partial charge in [-0.15, -0.1) is 0 Å². The first-order valence-electron chi connectivity index (χ1n) is 6.13. The van der Waals surface area contributed by atoms with Crippen LogP contribution in [0.25, 0.3) is 0 Å². The third kappa shape index (κ3) is 1.92. The highest BCUT2D eigenvalue weighted by molar-refractivity contribution is 5.92. The van der Waals surface area contributed by atoms with Gasteiger partial charge in [-0.05, 0) is 31.9 Å². The highest BCUT2D eigenvalue weighted by atomic mass is 16.3. The molecule has 0 unspecified atom stereocenters. The number of H-pyrrole nitrogens is 1. The number of rotatable bonds is 2. The molecule has 5 nitrogen and oxygen atoms in total. The molecule has 0 spiro atoms. The minimum Gasteiger partial charge on any atom is -0.469 e. The van der Waals surface area contributed by atoms with E-state index in [1.165, 1.54) is 0 Å². The minimum absolute atomic E-state index is 0.0389. The van der Waals surface area contributed by atoms with Crippen molar-refractivity contribution >= 4 is 5.91 Å². The Bertz CT molecular complexity index is 570. The van der Waals surface area contributed by atoms with Gasteiger partial charge in [0.1, 0.15) is 11.5 Å². The molecule has 1 aliphatic rings. The molecule has 0 radical (unpaired) electrons. The summed E-state index contributed by atoms with van der Waals surface area (Å²) in [5, 5.41) is 9.75. The van der Waals surface area contributed by atoms with E-state index >= 15 is 0 Å². The molecule has 3 rings (SSSR count). The SMILES string of the molecule is Cc1cc(C(=O)N[C@H]2CCCc3occc32)n[nH]1. The number of hydrogen-bond donors (Lipinski definition) is 2. The molecule has 0 fully saturated rings. The molecule has 0 saturated carbocycles. The Kier molecular flexibility index (Phi) is 2.66. The number of furan rings is 1. The quantitative estimate of drug-likeness (QED) is 0.851. The first-order chi connectivity index (χ1) is 8.74. The smallest absolute Gasteiger partial charge is 0.272 e. The Hall–Kier alpha value is -2.04. The first kappa shape index (κ1) is 11.1. The van der Waals surface area contributed by atoms with Gasteiger partial charge in [0, 0.05) is 17.7 Å². The Labute approximate surface area is 105 Å². The molecule has 0 aliphatic heterocycles. The number of carbonyl (C=O) groups excluding carboxylic acids is 1. The summed E-state index contributed by atoms with van der Waals surface area (Å²) in [4.78, 5) is 12.0. The van der Waals surface area contributed by atoms with Crippen LogP contribution in [-0.2, 0) is 6.42 Å². The van der Waals surface area contributed by atoms with E-state index < -0.39 is 0 Å². The highest BCUT2D eigenvalue weighted by Gasteiger charge is 2.24. The van der Waals surface area contributed by atoms with Crippen LogP contribution in [0.15, 0.2) is 22.8 Å². The molecule has 0 aromatic carbocycles. The number of aromatic amines is 1. The summed E-state index contributed by atoms with van der Waals surface area (Å²) in [5.41, 5.74) is 2.41. The second kappa shape index (κ2) is 4.33. The van der Waals surface area contributed by atoms with E-state index in [0.717, 1.165) is 36.3 Å². The number of aryl methyl sites for hydroxylation is 2. The molecular weight excluding hydrogens is 230 g/mol. The van der Waals surface area contributed by atoms with Gasteiger partial charge >= 0.3 is 0 Å². The fourth-order valence-electron chi connectivity index (χ4n) is 2.40. The normalized spacial score (nSPS) is 18.4. The predicted octanol–water partition coefficient (Wildman–Crippen LogP) is 2.12. The van der Waals surface area contributed by atoms with E-state index in [-0.39, 0.29) is 11.9 Å². The van der Waals surface area contributed by atoms with Crippen molar-refractivity contribution in [2.24, 2.45) is 0 Å². The van der Waals surface area contributed by atoms with Crippen molar-refractivity contribution in [3.63, 3.8) is 0 Å². The van der Waals surface area contributed by atoms with Gasteiger partial charge in [0.2, 0.25) is 0 Å². The van der Waals surface area contributed by atoms with Crippen LogP contribution >= 0.6 is 0 Å². The molecule has 18 heavy (non-hydrogen) atoms. The third-order valence-corrected chi connectivity index (χ3v) is 3.30. The number of carbonyl (C=O) groups is 1. The average Bonchev–Trinajstić information content (AvgIpc) is 2.97. The van der Waals surface area contributed by atoms with Crippen molar-refractivity contribution in [2.45, 2.75) is 32.2 Å². The van der Waals surface area contributed by atoms with Gasteiger partial charge in [0.15, 0.2) is 0 Å². The summed E-state index contributed by atoms with van der Waals surface area (Å²) in [6, 6.07) is 3.72. The summed E-state index contributed by atoms with van der Waals surface area (Å²) < 4.78 is 5.40. The van der Waals surface area contributed by atoms with Crippen LogP contribution in [-0.4, -0.2) is 16.1 Å². The lowest BCUT2D eigenvalue weighted by atomic mass is 9.93. The van der Waals surface area contributed by atoms with Gasteiger partial charge in [-0.3, -0.25) is 9.89 Å². The fourth-order valence-corrected chi connectivity index (χ4v) is 2.40. The van der Waals surface area contributed by atoms with Crippen molar-refractivity contribution in [2.75, 3.05) is 0 Å². The molecule has 0 saturated heterocycles. The van der Waals surface area contributed by atoms with Gasteiger partial charge in [-0.1, -0.05) is 0 Å². The van der Waals surface area contributed by atoms with Crippen molar-refractivity contribution in [1.29, 1.82) is 0 Å². The summed E-state index contributed by atoms with van der Waals surface area (Å²) in [6.45, 7) is 1.87. The Morgan fingerprint density at radius 2 is 2.50 bits per heavy atom. The predicted molar refractivity (Wildman–Crippen MR) is 65.2 cm³/mol. The second-order valence-corrected chi connectivity index (χ2v) is 4.65. The Morgan fingerprint density at radius 1 is 1.61 bits per heavy atom. The van der Waals surface area contributed by atoms with Crippen LogP contribution in [0.3, 0.4) is 0 Å². The summed E-state index contributed by atoms with van der Waals surface area (Å²) in [7, 11) is 0. The number of fused-ring (bicyclic) bond motifs is 1. The van der Waals surface area contributed by atoms with E-state index in [1.54, 1.807) is 12.3 Å². The van der Waals surface area contributed by atoms with E-state index in [2.05, 4.69) is 15.5 Å². The largest absolute Gasteiger partial charge is 0.469 e. The highest BCUT2D eigenvalue weighted by Crippen LogP contribution is 2.30. The Morgan fingerprint density at radius 3 is 3.28 bits per heavy atom. The number of amides is 1. The van der Waals surface area contributed by atoms with Gasteiger partial charge in [-0.2, -0.15) is 5.10 Å². The van der Waals surface area contributed by atoms with Crippen molar-refractivity contribution < 1.29 is 9.21 Å². The van der Waals surface area contributed by atoms with E-state index in [4.69, 9.17) is 4.42 Å². The minimum atomic E-state index is -0.140. The number of aromatic nitrogens is 2. The van der Waals surface area contributed by atoms with Crippen LogP contribution in [0.4, 0.5) is 0 Å². The van der Waals surface area contributed by atoms with Gasteiger partial charge < -0.3 is 9.73 Å². The van der Waals surface area contributed by atoms with Gasteiger partial charge in [0.05, 0.1) is 12.3 Å². The van der Waals surface area contributed by atoms with Crippen molar-refractivity contribution in [1.82, 2.24) is 15.5 Å². The number of nitrogens with one attached hydrogen (secondary N) is 2. The van der Waals surface area contributed by atoms with Crippen LogP contribution in [0.1, 0.15) is 46.4 Å². The average molecular weight is 245 g/mol. The van der Waals surface area contributed by atoms with Crippen LogP contribution in [0.5, 0.6) is 0 Å². The summed E-state index contributed by atoms with van der Waals surface area (Å²) in [5.74, 6) is 0.850. The zero-order chi connectivity index (χ0) is 12.5. The fraction of sp³-hybridized carbons (Fsp3) is 0.385. The number of nitrogens with zero attached hydrogens (tertiary/aromatic N) is 1. The molecule has 0 bridgehead atoms. The molecule has 2 aromatic rings. The van der Waals surface area contributed by atoms with E-state index in [9.17, 15) is 4.79 Å². The molecule has 2 heterocycles. The molecule has 1 amide bonds. The first-order valence-corrected chi connectivity index (χ1v) is 6.13. The van der Waals surface area contributed by atoms with E-state index in [0.29, 0.717) is 5.69 Å². The van der Waals surface area contributed by atoms with Crippen LogP contribution in [0.2, 0.25) is 0 Å². The topological polar surface area (TPSA) is 70.9 Å².